The molecule has 1 N–H and O–H groups in total. The van der Waals surface area contributed by atoms with Gasteiger partial charge in [-0.2, -0.15) is 13.9 Å². The second-order valence-electron chi connectivity index (χ2n) is 8.85. The zero-order chi connectivity index (χ0) is 26.2. The molecular weight excluding hydrogens is 487 g/mol. The number of amides is 1. The van der Waals surface area contributed by atoms with E-state index in [0.29, 0.717) is 48.6 Å². The number of hydrogen-bond donors (Lipinski definition) is 1. The number of benzene rings is 3. The van der Waals surface area contributed by atoms with Crippen LogP contribution in [-0.4, -0.2) is 40.9 Å². The fourth-order valence-corrected chi connectivity index (χ4v) is 4.12. The lowest BCUT2D eigenvalue weighted by atomic mass is 10.0. The van der Waals surface area contributed by atoms with Gasteiger partial charge in [0.1, 0.15) is 30.9 Å². The molecule has 3 aromatic carbocycles. The molecule has 2 heterocycles. The van der Waals surface area contributed by atoms with Gasteiger partial charge in [0.2, 0.25) is 0 Å². The molecule has 1 amide bonds. The van der Waals surface area contributed by atoms with Crippen LogP contribution in [-0.2, 0) is 4.79 Å². The predicted molar refractivity (Wildman–Crippen MR) is 130 cm³/mol. The Morgan fingerprint density at radius 2 is 1.78 bits per heavy atom. The summed E-state index contributed by atoms with van der Waals surface area (Å²) in [5, 5.41) is 7.49. The molecule has 7 nitrogen and oxygen atoms in total. The molecule has 2 atom stereocenters. The Morgan fingerprint density at radius 3 is 2.51 bits per heavy atom. The minimum atomic E-state index is -3.54. The van der Waals surface area contributed by atoms with Crippen molar-refractivity contribution in [1.82, 2.24) is 15.1 Å². The Labute approximate surface area is 210 Å². The highest BCUT2D eigenvalue weighted by Crippen LogP contribution is 2.36. The number of rotatable bonds is 7. The fraction of sp³-hybridized carbons (Fsp3) is 0.259. The smallest absolute Gasteiger partial charge is 0.321 e. The number of hydrogen-bond acceptors (Lipinski definition) is 5. The van der Waals surface area contributed by atoms with E-state index in [0.717, 1.165) is 10.9 Å². The van der Waals surface area contributed by atoms with Crippen LogP contribution >= 0.6 is 0 Å². The van der Waals surface area contributed by atoms with Crippen molar-refractivity contribution in [2.75, 3.05) is 13.2 Å². The van der Waals surface area contributed by atoms with E-state index in [9.17, 15) is 18.0 Å². The SMILES string of the molecule is C[C@H](NC(=O)C(C)(F)F)[C@@H](Oc1ccc2c(cnn2-c2ccc(F)cc2)c1)c1ccc2c(c1)OCCO2. The number of fused-ring (bicyclic) bond motifs is 2. The summed E-state index contributed by atoms with van der Waals surface area (Å²) in [6.07, 6.45) is 0.819. The standard InChI is InChI=1S/C27H24F3N3O4/c1-16(32-26(34)27(2,29)30)25(17-3-10-23-24(14-17)36-12-11-35-23)37-21-8-9-22-18(13-21)15-31-33(22)20-6-4-19(28)5-7-20/h3-10,13-16,25H,11-12H2,1-2H3,(H,32,34)/t16-,25+/m0/s1. The molecule has 0 saturated carbocycles. The van der Waals surface area contributed by atoms with E-state index in [2.05, 4.69) is 10.4 Å². The molecule has 0 fully saturated rings. The molecule has 0 aliphatic carbocycles. The molecule has 1 aliphatic heterocycles. The fourth-order valence-electron chi connectivity index (χ4n) is 4.12. The van der Waals surface area contributed by atoms with Crippen LogP contribution in [0.25, 0.3) is 16.6 Å². The maximum atomic E-state index is 13.6. The Morgan fingerprint density at radius 1 is 1.05 bits per heavy atom. The van der Waals surface area contributed by atoms with E-state index in [1.165, 1.54) is 12.1 Å². The highest BCUT2D eigenvalue weighted by atomic mass is 19.3. The van der Waals surface area contributed by atoms with E-state index < -0.39 is 24.0 Å². The van der Waals surface area contributed by atoms with Gasteiger partial charge in [-0.1, -0.05) is 6.07 Å². The van der Waals surface area contributed by atoms with E-state index >= 15 is 0 Å². The quantitative estimate of drug-likeness (QED) is 0.369. The van der Waals surface area contributed by atoms with Crippen molar-refractivity contribution in [2.24, 2.45) is 0 Å². The molecular formula is C27H24F3N3O4. The van der Waals surface area contributed by atoms with Crippen molar-refractivity contribution in [3.05, 3.63) is 78.2 Å². The lowest BCUT2D eigenvalue weighted by Crippen LogP contribution is -2.46. The van der Waals surface area contributed by atoms with Crippen LogP contribution in [0.2, 0.25) is 0 Å². The summed E-state index contributed by atoms with van der Waals surface area (Å²) in [5.74, 6) is -3.77. The first kappa shape index (κ1) is 24.5. The number of alkyl halides is 2. The number of carbonyl (C=O) groups excluding carboxylic acids is 1. The van der Waals surface area contributed by atoms with E-state index in [1.54, 1.807) is 66.3 Å². The molecule has 0 saturated heterocycles. The third kappa shape index (κ3) is 5.18. The molecule has 5 rings (SSSR count). The van der Waals surface area contributed by atoms with Crippen molar-refractivity contribution < 1.29 is 32.2 Å². The number of ether oxygens (including phenoxy) is 3. The van der Waals surface area contributed by atoms with Gasteiger partial charge in [-0.3, -0.25) is 4.79 Å². The summed E-state index contributed by atoms with van der Waals surface area (Å²) in [6.45, 7) is 2.94. The van der Waals surface area contributed by atoms with Gasteiger partial charge in [0, 0.05) is 12.3 Å². The van der Waals surface area contributed by atoms with Crippen molar-refractivity contribution in [3.8, 4) is 22.9 Å². The Balaban J connectivity index is 1.46. The normalized spacial score (nSPS) is 14.7. The van der Waals surface area contributed by atoms with Crippen molar-refractivity contribution in [1.29, 1.82) is 0 Å². The van der Waals surface area contributed by atoms with Crippen LogP contribution in [0.4, 0.5) is 13.2 Å². The number of nitrogens with one attached hydrogen (secondary N) is 1. The van der Waals surface area contributed by atoms with Gasteiger partial charge in [-0.05, 0) is 67.1 Å². The van der Waals surface area contributed by atoms with Crippen molar-refractivity contribution in [3.63, 3.8) is 0 Å². The molecule has 0 radical (unpaired) electrons. The Hall–Kier alpha value is -4.21. The van der Waals surface area contributed by atoms with E-state index in [-0.39, 0.29) is 5.82 Å². The van der Waals surface area contributed by atoms with Crippen LogP contribution < -0.4 is 19.5 Å². The lowest BCUT2D eigenvalue weighted by Gasteiger charge is -2.28. The minimum Gasteiger partial charge on any atom is -0.486 e. The summed E-state index contributed by atoms with van der Waals surface area (Å²) in [5.41, 5.74) is 2.07. The first-order valence-corrected chi connectivity index (χ1v) is 11.7. The molecule has 0 unspecified atom stereocenters. The van der Waals surface area contributed by atoms with Crippen LogP contribution in [0.15, 0.2) is 66.9 Å². The predicted octanol–water partition coefficient (Wildman–Crippen LogP) is 5.22. The summed E-state index contributed by atoms with van der Waals surface area (Å²) >= 11 is 0. The molecule has 4 aromatic rings. The zero-order valence-corrected chi connectivity index (χ0v) is 20.1. The van der Waals surface area contributed by atoms with Gasteiger partial charge in [0.25, 0.3) is 5.91 Å². The molecule has 1 aromatic heterocycles. The Kier molecular flexibility index (Phi) is 6.41. The second kappa shape index (κ2) is 9.68. The average molecular weight is 512 g/mol. The lowest BCUT2D eigenvalue weighted by molar-refractivity contribution is -0.144. The van der Waals surface area contributed by atoms with Crippen LogP contribution in [0.1, 0.15) is 25.5 Å². The van der Waals surface area contributed by atoms with Crippen molar-refractivity contribution in [2.45, 2.75) is 31.9 Å². The van der Waals surface area contributed by atoms with E-state index in [1.807, 2.05) is 0 Å². The van der Waals surface area contributed by atoms with Crippen LogP contribution in [0.3, 0.4) is 0 Å². The monoisotopic (exact) mass is 511 g/mol. The molecule has 192 valence electrons. The third-order valence-corrected chi connectivity index (χ3v) is 5.98. The van der Waals surface area contributed by atoms with Gasteiger partial charge in [0.05, 0.1) is 23.4 Å². The number of nitrogens with zero attached hydrogens (tertiary/aromatic N) is 2. The van der Waals surface area contributed by atoms with Crippen LogP contribution in [0, 0.1) is 5.82 Å². The second-order valence-corrected chi connectivity index (χ2v) is 8.85. The Bertz CT molecular complexity index is 1430. The van der Waals surface area contributed by atoms with Crippen LogP contribution in [0.5, 0.6) is 17.2 Å². The molecule has 1 aliphatic rings. The van der Waals surface area contributed by atoms with Gasteiger partial charge in [-0.15, -0.1) is 0 Å². The maximum absolute atomic E-state index is 13.6. The maximum Gasteiger partial charge on any atom is 0.321 e. The molecule has 37 heavy (non-hydrogen) atoms. The third-order valence-electron chi connectivity index (χ3n) is 5.98. The van der Waals surface area contributed by atoms with Gasteiger partial charge < -0.3 is 19.5 Å². The van der Waals surface area contributed by atoms with Gasteiger partial charge in [0.15, 0.2) is 11.5 Å². The average Bonchev–Trinajstić information content (AvgIpc) is 3.30. The highest BCUT2D eigenvalue weighted by molar-refractivity contribution is 5.83. The summed E-state index contributed by atoms with van der Waals surface area (Å²) in [4.78, 5) is 12.0. The summed E-state index contributed by atoms with van der Waals surface area (Å²) < 4.78 is 59.7. The van der Waals surface area contributed by atoms with E-state index in [4.69, 9.17) is 14.2 Å². The molecule has 0 spiro atoms. The highest BCUT2D eigenvalue weighted by Gasteiger charge is 2.35. The topological polar surface area (TPSA) is 74.6 Å². The number of carbonyl (C=O) groups is 1. The molecule has 10 heteroatoms. The van der Waals surface area contributed by atoms with Gasteiger partial charge >= 0.3 is 5.92 Å². The zero-order valence-electron chi connectivity index (χ0n) is 20.1. The number of halogens is 3. The van der Waals surface area contributed by atoms with Gasteiger partial charge in [-0.25, -0.2) is 9.07 Å². The summed E-state index contributed by atoms with van der Waals surface area (Å²) in [7, 11) is 0. The first-order valence-electron chi connectivity index (χ1n) is 11.7. The largest absolute Gasteiger partial charge is 0.486 e. The summed E-state index contributed by atoms with van der Waals surface area (Å²) in [6, 6.07) is 15.6. The first-order chi connectivity index (χ1) is 17.7. The molecule has 0 bridgehead atoms. The minimum absolute atomic E-state index is 0.344. The number of aromatic nitrogens is 2. The van der Waals surface area contributed by atoms with Crippen molar-refractivity contribution >= 4 is 16.8 Å².